The van der Waals surface area contributed by atoms with Gasteiger partial charge in [0.15, 0.2) is 0 Å². The molecular weight excluding hydrogens is 641 g/mol. The molecule has 11 aromatic rings. The van der Waals surface area contributed by atoms with Crippen molar-refractivity contribution in [1.29, 1.82) is 0 Å². The van der Waals surface area contributed by atoms with Crippen molar-refractivity contribution >= 4 is 75.3 Å². The van der Waals surface area contributed by atoms with E-state index in [1.807, 2.05) is 6.20 Å². The first-order valence-corrected chi connectivity index (χ1v) is 18.0. The lowest BCUT2D eigenvalue weighted by Crippen LogP contribution is -1.93. The summed E-state index contributed by atoms with van der Waals surface area (Å²) in [5.41, 5.74) is 12.2. The second-order valence-electron chi connectivity index (χ2n) is 13.0. The maximum Gasteiger partial charge on any atom is 0.0911 e. The van der Waals surface area contributed by atoms with Crippen LogP contribution in [0, 0.1) is 0 Å². The van der Waals surface area contributed by atoms with Crippen LogP contribution >= 0.6 is 11.3 Å². The molecule has 0 saturated carbocycles. The summed E-state index contributed by atoms with van der Waals surface area (Å²) in [6.45, 7) is 0. The number of thiophene rings is 1. The number of pyridine rings is 2. The zero-order chi connectivity index (χ0) is 33.5. The summed E-state index contributed by atoms with van der Waals surface area (Å²) in [6, 6.07) is 58.4. The van der Waals surface area contributed by atoms with Crippen LogP contribution in [0.5, 0.6) is 0 Å². The molecule has 4 nitrogen and oxygen atoms in total. The van der Waals surface area contributed by atoms with Crippen LogP contribution in [-0.4, -0.2) is 19.1 Å². The zero-order valence-corrected chi connectivity index (χ0v) is 28.2. The minimum Gasteiger partial charge on any atom is -0.309 e. The Morgan fingerprint density at radius 2 is 1.08 bits per heavy atom. The molecule has 0 aliphatic rings. The van der Waals surface area contributed by atoms with Crippen molar-refractivity contribution in [2.45, 2.75) is 0 Å². The summed E-state index contributed by atoms with van der Waals surface area (Å²) in [4.78, 5) is 10.4. The first-order valence-electron chi connectivity index (χ1n) is 17.2. The van der Waals surface area contributed by atoms with Crippen molar-refractivity contribution < 1.29 is 0 Å². The van der Waals surface area contributed by atoms with Crippen LogP contribution in [0.2, 0.25) is 0 Å². The van der Waals surface area contributed by atoms with Gasteiger partial charge in [-0.1, -0.05) is 97.1 Å². The number of hydrogen-bond acceptors (Lipinski definition) is 3. The lowest BCUT2D eigenvalue weighted by molar-refractivity contribution is 1.18. The van der Waals surface area contributed by atoms with E-state index < -0.39 is 0 Å². The Balaban J connectivity index is 1.06. The van der Waals surface area contributed by atoms with Crippen LogP contribution in [-0.2, 0) is 0 Å². The molecule has 0 amide bonds. The lowest BCUT2D eigenvalue weighted by atomic mass is 10.0. The first kappa shape index (κ1) is 28.3. The van der Waals surface area contributed by atoms with E-state index in [0.29, 0.717) is 0 Å². The Bertz CT molecular complexity index is 3130. The average Bonchev–Trinajstić information content (AvgIpc) is 3.85. The number of rotatable bonds is 4. The molecule has 238 valence electrons. The summed E-state index contributed by atoms with van der Waals surface area (Å²) in [7, 11) is 0. The third-order valence-corrected chi connectivity index (χ3v) is 11.3. The number of nitrogens with zero attached hydrogens (tertiary/aromatic N) is 4. The molecule has 0 unspecified atom stereocenters. The Morgan fingerprint density at radius 3 is 1.86 bits per heavy atom. The highest BCUT2D eigenvalue weighted by atomic mass is 32.1. The van der Waals surface area contributed by atoms with Gasteiger partial charge in [0.1, 0.15) is 0 Å². The second-order valence-corrected chi connectivity index (χ2v) is 14.1. The molecule has 0 fully saturated rings. The molecule has 51 heavy (non-hydrogen) atoms. The monoisotopic (exact) mass is 668 g/mol. The average molecular weight is 669 g/mol. The van der Waals surface area contributed by atoms with E-state index in [2.05, 4.69) is 173 Å². The summed E-state index contributed by atoms with van der Waals surface area (Å²) >= 11 is 1.78. The zero-order valence-electron chi connectivity index (χ0n) is 27.4. The van der Waals surface area contributed by atoms with E-state index in [0.717, 1.165) is 49.5 Å². The van der Waals surface area contributed by atoms with Crippen molar-refractivity contribution in [2.24, 2.45) is 0 Å². The predicted molar refractivity (Wildman–Crippen MR) is 214 cm³/mol. The molecule has 0 aliphatic heterocycles. The van der Waals surface area contributed by atoms with Gasteiger partial charge in [-0.25, -0.2) is 4.98 Å². The molecule has 0 atom stereocenters. The number of aromatic nitrogens is 4. The molecule has 6 aromatic carbocycles. The number of benzene rings is 6. The summed E-state index contributed by atoms with van der Waals surface area (Å²) in [5, 5.41) is 6.00. The molecule has 5 heteroatoms. The van der Waals surface area contributed by atoms with Gasteiger partial charge in [-0.2, -0.15) is 0 Å². The Kier molecular flexibility index (Phi) is 6.09. The molecule has 0 radical (unpaired) electrons. The Hall–Kier alpha value is -6.56. The third-order valence-electron chi connectivity index (χ3n) is 10.2. The Morgan fingerprint density at radius 1 is 0.431 bits per heavy atom. The smallest absolute Gasteiger partial charge is 0.0911 e. The first-order chi connectivity index (χ1) is 25.3. The molecule has 5 aromatic heterocycles. The van der Waals surface area contributed by atoms with Gasteiger partial charge < -0.3 is 9.13 Å². The van der Waals surface area contributed by atoms with Crippen molar-refractivity contribution in [3.63, 3.8) is 0 Å². The lowest BCUT2D eigenvalue weighted by Gasteiger charge is -2.09. The van der Waals surface area contributed by atoms with Gasteiger partial charge in [0.2, 0.25) is 0 Å². The molecule has 0 aliphatic carbocycles. The van der Waals surface area contributed by atoms with Gasteiger partial charge in [-0.3, -0.25) is 4.98 Å². The van der Waals surface area contributed by atoms with Gasteiger partial charge in [0.05, 0.1) is 43.7 Å². The van der Waals surface area contributed by atoms with Crippen LogP contribution in [0.15, 0.2) is 170 Å². The van der Waals surface area contributed by atoms with Crippen LogP contribution in [0.25, 0.3) is 97.8 Å². The van der Waals surface area contributed by atoms with Crippen molar-refractivity contribution in [2.75, 3.05) is 0 Å². The van der Waals surface area contributed by atoms with Crippen molar-refractivity contribution in [1.82, 2.24) is 19.1 Å². The molecule has 5 heterocycles. The van der Waals surface area contributed by atoms with E-state index in [9.17, 15) is 0 Å². The van der Waals surface area contributed by atoms with Gasteiger partial charge in [0, 0.05) is 60.3 Å². The maximum atomic E-state index is 5.28. The number of hydrogen-bond donors (Lipinski definition) is 0. The minimum absolute atomic E-state index is 0.955. The summed E-state index contributed by atoms with van der Waals surface area (Å²) in [5.74, 6) is 0. The normalized spacial score (nSPS) is 11.9. The van der Waals surface area contributed by atoms with Gasteiger partial charge in [-0.05, 0) is 66.7 Å². The summed E-state index contributed by atoms with van der Waals surface area (Å²) in [6.07, 6.45) is 2.02. The van der Waals surface area contributed by atoms with Gasteiger partial charge >= 0.3 is 0 Å². The predicted octanol–water partition coefficient (Wildman–Crippen LogP) is 12.4. The highest BCUT2D eigenvalue weighted by molar-refractivity contribution is 7.25. The van der Waals surface area contributed by atoms with E-state index in [-0.39, 0.29) is 0 Å². The van der Waals surface area contributed by atoms with Gasteiger partial charge in [0.25, 0.3) is 0 Å². The molecule has 0 saturated heterocycles. The number of fused-ring (bicyclic) bond motifs is 9. The highest BCUT2D eigenvalue weighted by Gasteiger charge is 2.18. The van der Waals surface area contributed by atoms with E-state index in [1.54, 1.807) is 11.3 Å². The number of para-hydroxylation sites is 4. The fraction of sp³-hybridized carbons (Fsp3) is 0. The minimum atomic E-state index is 0.955. The van der Waals surface area contributed by atoms with Crippen molar-refractivity contribution in [3.8, 4) is 33.9 Å². The molecular formula is C46H28N4S. The fourth-order valence-electron chi connectivity index (χ4n) is 7.92. The van der Waals surface area contributed by atoms with Gasteiger partial charge in [-0.15, -0.1) is 11.3 Å². The molecule has 0 spiro atoms. The quantitative estimate of drug-likeness (QED) is 0.187. The summed E-state index contributed by atoms with van der Waals surface area (Å²) < 4.78 is 7.05. The topological polar surface area (TPSA) is 35.6 Å². The SMILES string of the molecule is c1ccc(-n2c3ccccc3c3ccc(-c4ccc5sc6cc(-c7cccc8c7c7ccccc7n8-c7ccccc7)ncc6c5n4)cc32)cc1. The molecule has 0 N–H and O–H groups in total. The van der Waals surface area contributed by atoms with Crippen LogP contribution in [0.3, 0.4) is 0 Å². The van der Waals surface area contributed by atoms with E-state index in [4.69, 9.17) is 9.97 Å². The molecule has 11 rings (SSSR count). The van der Waals surface area contributed by atoms with E-state index in [1.165, 1.54) is 48.3 Å². The highest BCUT2D eigenvalue weighted by Crippen LogP contribution is 2.41. The maximum absolute atomic E-state index is 5.28. The second kappa shape index (κ2) is 11.0. The Labute approximate surface area is 297 Å². The van der Waals surface area contributed by atoms with Crippen LogP contribution in [0.1, 0.15) is 0 Å². The standard InChI is InChI=1S/C46H28N4S/c1-3-12-30(13-4-1)49-40-20-10-8-17-35(40)45-34(18-11-21-41(45)49)38-27-44-36(28-47-38)46-43(51-44)25-24-37(48-46)29-22-23-33-32-16-7-9-19-39(32)50(42(33)26-29)31-14-5-2-6-15-31/h1-28H. The largest absolute Gasteiger partial charge is 0.309 e. The molecule has 0 bridgehead atoms. The third kappa shape index (κ3) is 4.25. The van der Waals surface area contributed by atoms with Crippen LogP contribution < -0.4 is 0 Å². The van der Waals surface area contributed by atoms with Crippen molar-refractivity contribution in [3.05, 3.63) is 170 Å². The fourth-order valence-corrected chi connectivity index (χ4v) is 8.98. The van der Waals surface area contributed by atoms with Crippen LogP contribution in [0.4, 0.5) is 0 Å². The van der Waals surface area contributed by atoms with E-state index >= 15 is 0 Å².